The molecule has 94 valence electrons. The fraction of sp³-hybridized carbons (Fsp3) is 0.286. The van der Waals surface area contributed by atoms with E-state index in [4.69, 9.17) is 5.11 Å². The molecule has 0 aliphatic carbocycles. The Bertz CT molecular complexity index is 575. The number of carboxylic acids is 1. The molecule has 0 spiro atoms. The predicted octanol–water partition coefficient (Wildman–Crippen LogP) is 3.24. The number of nitrogens with zero attached hydrogens (tertiary/aromatic N) is 1. The predicted molar refractivity (Wildman–Crippen MR) is 72.4 cm³/mol. The maximum Gasteiger partial charge on any atom is 0.347 e. The van der Waals surface area contributed by atoms with Crippen molar-refractivity contribution in [1.82, 2.24) is 4.98 Å². The largest absolute Gasteiger partial charge is 0.477 e. The van der Waals surface area contributed by atoms with E-state index < -0.39 is 5.97 Å². The summed E-state index contributed by atoms with van der Waals surface area (Å²) in [5.74, 6) is -0.875. The zero-order valence-electron chi connectivity index (χ0n) is 10.4. The fourth-order valence-electron chi connectivity index (χ4n) is 1.94. The Morgan fingerprint density at radius 2 is 2.11 bits per heavy atom. The van der Waals surface area contributed by atoms with Gasteiger partial charge in [0.2, 0.25) is 0 Å². The van der Waals surface area contributed by atoms with E-state index in [1.807, 2.05) is 13.0 Å². The van der Waals surface area contributed by atoms with Gasteiger partial charge in [0.15, 0.2) is 0 Å². The van der Waals surface area contributed by atoms with Gasteiger partial charge in [0, 0.05) is 0 Å². The van der Waals surface area contributed by atoms with E-state index in [2.05, 4.69) is 30.1 Å². The van der Waals surface area contributed by atoms with Crippen molar-refractivity contribution in [2.24, 2.45) is 0 Å². The molecule has 1 heterocycles. The molecule has 0 unspecified atom stereocenters. The standard InChI is InChI=1S/C14H15NO2S/c1-9-4-3-5-11(8-9)6-7-12-13(14(16)17)18-10(2)15-12/h3-5,8H,6-7H2,1-2H3,(H,16,17). The highest BCUT2D eigenvalue weighted by Gasteiger charge is 2.15. The third-order valence-electron chi connectivity index (χ3n) is 2.73. The SMILES string of the molecule is Cc1cccc(CCc2nc(C)sc2C(=O)O)c1. The Hall–Kier alpha value is -1.68. The van der Waals surface area contributed by atoms with Crippen molar-refractivity contribution < 1.29 is 9.90 Å². The lowest BCUT2D eigenvalue weighted by molar-refractivity contribution is 0.0700. The first-order chi connectivity index (χ1) is 8.56. The Balaban J connectivity index is 2.13. The van der Waals surface area contributed by atoms with Crippen LogP contribution in [0.1, 0.15) is 31.5 Å². The number of rotatable bonds is 4. The topological polar surface area (TPSA) is 50.2 Å². The lowest BCUT2D eigenvalue weighted by Gasteiger charge is -2.02. The van der Waals surface area contributed by atoms with E-state index in [1.165, 1.54) is 22.5 Å². The molecular formula is C14H15NO2S. The minimum Gasteiger partial charge on any atom is -0.477 e. The molecule has 2 aromatic rings. The monoisotopic (exact) mass is 261 g/mol. The van der Waals surface area contributed by atoms with Crippen LogP contribution in [0.3, 0.4) is 0 Å². The van der Waals surface area contributed by atoms with Crippen molar-refractivity contribution in [3.63, 3.8) is 0 Å². The molecule has 0 fully saturated rings. The maximum atomic E-state index is 11.1. The van der Waals surface area contributed by atoms with Gasteiger partial charge in [0.25, 0.3) is 0 Å². The molecule has 4 heteroatoms. The Morgan fingerprint density at radius 3 is 2.78 bits per heavy atom. The first-order valence-electron chi connectivity index (χ1n) is 5.81. The Labute approximate surface area is 110 Å². The van der Waals surface area contributed by atoms with Crippen molar-refractivity contribution in [3.05, 3.63) is 51.0 Å². The third kappa shape index (κ3) is 2.96. The van der Waals surface area contributed by atoms with Crippen LogP contribution in [0, 0.1) is 13.8 Å². The second kappa shape index (κ2) is 5.31. The molecule has 1 N–H and O–H groups in total. The van der Waals surface area contributed by atoms with Crippen LogP contribution in [-0.4, -0.2) is 16.1 Å². The Morgan fingerprint density at radius 1 is 1.33 bits per heavy atom. The van der Waals surface area contributed by atoms with Crippen LogP contribution in [0.5, 0.6) is 0 Å². The summed E-state index contributed by atoms with van der Waals surface area (Å²) in [6.45, 7) is 3.90. The number of aromatic nitrogens is 1. The number of carboxylic acid groups (broad SMARTS) is 1. The summed E-state index contributed by atoms with van der Waals surface area (Å²) in [5.41, 5.74) is 3.14. The van der Waals surface area contributed by atoms with Crippen LogP contribution in [0.25, 0.3) is 0 Å². The van der Waals surface area contributed by atoms with Crippen molar-refractivity contribution in [2.75, 3.05) is 0 Å². The summed E-state index contributed by atoms with van der Waals surface area (Å²) in [7, 11) is 0. The molecule has 0 aliphatic heterocycles. The number of benzene rings is 1. The fourth-order valence-corrected chi connectivity index (χ4v) is 2.74. The van der Waals surface area contributed by atoms with Gasteiger partial charge in [-0.25, -0.2) is 9.78 Å². The number of thiazole rings is 1. The van der Waals surface area contributed by atoms with Crippen molar-refractivity contribution in [3.8, 4) is 0 Å². The van der Waals surface area contributed by atoms with Gasteiger partial charge in [0.1, 0.15) is 4.88 Å². The highest BCUT2D eigenvalue weighted by atomic mass is 32.1. The van der Waals surface area contributed by atoms with Gasteiger partial charge >= 0.3 is 5.97 Å². The highest BCUT2D eigenvalue weighted by Crippen LogP contribution is 2.19. The molecule has 0 saturated heterocycles. The van der Waals surface area contributed by atoms with Crippen molar-refractivity contribution >= 4 is 17.3 Å². The molecule has 1 aromatic carbocycles. The lowest BCUT2D eigenvalue weighted by atomic mass is 10.1. The number of carbonyl (C=O) groups is 1. The smallest absolute Gasteiger partial charge is 0.347 e. The quantitative estimate of drug-likeness (QED) is 0.919. The van der Waals surface area contributed by atoms with Gasteiger partial charge in [-0.1, -0.05) is 29.8 Å². The molecule has 18 heavy (non-hydrogen) atoms. The molecule has 0 saturated carbocycles. The van der Waals surface area contributed by atoms with Crippen LogP contribution in [0.2, 0.25) is 0 Å². The Kier molecular flexibility index (Phi) is 3.77. The molecular weight excluding hydrogens is 246 g/mol. The molecule has 1 aromatic heterocycles. The van der Waals surface area contributed by atoms with Crippen molar-refractivity contribution in [1.29, 1.82) is 0 Å². The second-order valence-electron chi connectivity index (χ2n) is 4.30. The number of aromatic carboxylic acids is 1. The summed E-state index contributed by atoms with van der Waals surface area (Å²) >= 11 is 1.25. The van der Waals surface area contributed by atoms with Gasteiger partial charge in [-0.05, 0) is 32.3 Å². The van der Waals surface area contributed by atoms with E-state index >= 15 is 0 Å². The summed E-state index contributed by atoms with van der Waals surface area (Å²) in [6, 6.07) is 8.26. The number of aryl methyl sites for hydroxylation is 4. The molecule has 2 rings (SSSR count). The average molecular weight is 261 g/mol. The molecule has 3 nitrogen and oxygen atoms in total. The average Bonchev–Trinajstić information content (AvgIpc) is 2.68. The highest BCUT2D eigenvalue weighted by molar-refractivity contribution is 7.13. The van der Waals surface area contributed by atoms with Gasteiger partial charge in [-0.15, -0.1) is 11.3 Å². The van der Waals surface area contributed by atoms with Crippen LogP contribution < -0.4 is 0 Å². The van der Waals surface area contributed by atoms with Gasteiger partial charge in [-0.2, -0.15) is 0 Å². The molecule has 0 bridgehead atoms. The summed E-state index contributed by atoms with van der Waals surface area (Å²) < 4.78 is 0. The number of hydrogen-bond acceptors (Lipinski definition) is 3. The molecule has 0 atom stereocenters. The normalized spacial score (nSPS) is 10.6. The maximum absolute atomic E-state index is 11.1. The van der Waals surface area contributed by atoms with Crippen LogP contribution in [0.4, 0.5) is 0 Å². The molecule has 0 radical (unpaired) electrons. The van der Waals surface area contributed by atoms with E-state index in [0.29, 0.717) is 17.0 Å². The zero-order chi connectivity index (χ0) is 13.1. The molecule has 0 amide bonds. The van der Waals surface area contributed by atoms with Gasteiger partial charge in [-0.3, -0.25) is 0 Å². The second-order valence-corrected chi connectivity index (χ2v) is 5.51. The zero-order valence-corrected chi connectivity index (χ0v) is 11.3. The van der Waals surface area contributed by atoms with E-state index in [9.17, 15) is 4.79 Å². The van der Waals surface area contributed by atoms with Crippen LogP contribution >= 0.6 is 11.3 Å². The van der Waals surface area contributed by atoms with Crippen LogP contribution in [0.15, 0.2) is 24.3 Å². The minimum atomic E-state index is -0.875. The summed E-state index contributed by atoms with van der Waals surface area (Å²) in [5, 5.41) is 9.90. The van der Waals surface area contributed by atoms with E-state index in [0.717, 1.165) is 11.4 Å². The van der Waals surface area contributed by atoms with Crippen LogP contribution in [-0.2, 0) is 12.8 Å². The van der Waals surface area contributed by atoms with Crippen molar-refractivity contribution in [2.45, 2.75) is 26.7 Å². The van der Waals surface area contributed by atoms with Gasteiger partial charge < -0.3 is 5.11 Å². The first-order valence-corrected chi connectivity index (χ1v) is 6.63. The van der Waals surface area contributed by atoms with E-state index in [1.54, 1.807) is 0 Å². The van der Waals surface area contributed by atoms with Gasteiger partial charge in [0.05, 0.1) is 10.7 Å². The number of hydrogen-bond donors (Lipinski definition) is 1. The minimum absolute atomic E-state index is 0.375. The van der Waals surface area contributed by atoms with E-state index in [-0.39, 0.29) is 0 Å². The summed E-state index contributed by atoms with van der Waals surface area (Å²) in [6.07, 6.45) is 1.50. The third-order valence-corrected chi connectivity index (χ3v) is 3.73. The first kappa shape index (κ1) is 12.8. The molecule has 0 aliphatic rings. The summed E-state index contributed by atoms with van der Waals surface area (Å²) in [4.78, 5) is 15.8. The lowest BCUT2D eigenvalue weighted by Crippen LogP contribution is -2.01.